The summed E-state index contributed by atoms with van der Waals surface area (Å²) >= 11 is 0. The number of aromatic nitrogens is 2. The van der Waals surface area contributed by atoms with Gasteiger partial charge in [-0.2, -0.15) is 0 Å². The number of carboxylic acid groups (broad SMARTS) is 1. The average molecular weight is 510 g/mol. The average Bonchev–Trinajstić information content (AvgIpc) is 3.52. The zero-order valence-corrected chi connectivity index (χ0v) is 21.7. The Hall–Kier alpha value is -3.04. The minimum Gasteiger partial charge on any atom is -0.493 e. The molecule has 1 saturated heterocycles. The van der Waals surface area contributed by atoms with Crippen LogP contribution in [0.2, 0.25) is 0 Å². The SMILES string of the molecule is CCCCN(CCCN)C(=O)CN1C[C@H](c2ccc3c(c2)CCO3)C(C(=O)O)[C@@H]1CCc1ccncn1. The molecule has 3 atom stereocenters. The molecule has 1 fully saturated rings. The van der Waals surface area contributed by atoms with Crippen molar-refractivity contribution in [3.63, 3.8) is 0 Å². The number of carbonyl (C=O) groups is 2. The Morgan fingerprint density at radius 2 is 2.08 bits per heavy atom. The highest BCUT2D eigenvalue weighted by molar-refractivity contribution is 5.79. The lowest BCUT2D eigenvalue weighted by molar-refractivity contribution is -0.143. The zero-order valence-electron chi connectivity index (χ0n) is 21.7. The van der Waals surface area contributed by atoms with Gasteiger partial charge in [-0.25, -0.2) is 9.97 Å². The van der Waals surface area contributed by atoms with Crippen LogP contribution in [0.25, 0.3) is 0 Å². The van der Waals surface area contributed by atoms with Crippen LogP contribution in [0.1, 0.15) is 55.3 Å². The Balaban J connectivity index is 1.59. The second kappa shape index (κ2) is 13.0. The van der Waals surface area contributed by atoms with Crippen LogP contribution in [0.5, 0.6) is 5.75 Å². The van der Waals surface area contributed by atoms with Crippen molar-refractivity contribution in [1.29, 1.82) is 0 Å². The Kier molecular flexibility index (Phi) is 9.46. The molecule has 0 spiro atoms. The number of nitrogens with two attached hydrogens (primary N) is 1. The Morgan fingerprint density at radius 3 is 2.81 bits per heavy atom. The molecule has 1 aromatic heterocycles. The molecule has 0 aliphatic carbocycles. The third kappa shape index (κ3) is 6.64. The van der Waals surface area contributed by atoms with E-state index in [4.69, 9.17) is 10.5 Å². The Bertz CT molecular complexity index is 1040. The summed E-state index contributed by atoms with van der Waals surface area (Å²) in [7, 11) is 0. The number of amides is 1. The highest BCUT2D eigenvalue weighted by Crippen LogP contribution is 2.41. The van der Waals surface area contributed by atoms with Gasteiger partial charge in [-0.15, -0.1) is 0 Å². The topological polar surface area (TPSA) is 122 Å². The van der Waals surface area contributed by atoms with E-state index in [1.54, 1.807) is 6.20 Å². The summed E-state index contributed by atoms with van der Waals surface area (Å²) in [5, 5.41) is 10.4. The molecular formula is C28H39N5O4. The largest absolute Gasteiger partial charge is 0.493 e. The number of benzene rings is 1. The summed E-state index contributed by atoms with van der Waals surface area (Å²) in [6, 6.07) is 7.63. The number of carboxylic acids is 1. The van der Waals surface area contributed by atoms with Gasteiger partial charge in [0.25, 0.3) is 0 Å². The Labute approximate surface area is 219 Å². The molecule has 2 aliphatic rings. The second-order valence-electron chi connectivity index (χ2n) is 10.0. The fraction of sp³-hybridized carbons (Fsp3) is 0.571. The summed E-state index contributed by atoms with van der Waals surface area (Å²) in [6.45, 7) is 5.36. The van der Waals surface area contributed by atoms with Gasteiger partial charge in [0, 0.05) is 49.9 Å². The number of hydrogen-bond donors (Lipinski definition) is 2. The van der Waals surface area contributed by atoms with Gasteiger partial charge in [-0.05, 0) is 55.5 Å². The highest BCUT2D eigenvalue weighted by Gasteiger charge is 2.47. The number of ether oxygens (including phenoxy) is 1. The van der Waals surface area contributed by atoms with E-state index in [1.165, 1.54) is 6.33 Å². The van der Waals surface area contributed by atoms with Crippen molar-refractivity contribution in [1.82, 2.24) is 19.8 Å². The van der Waals surface area contributed by atoms with E-state index in [1.807, 2.05) is 23.1 Å². The second-order valence-corrected chi connectivity index (χ2v) is 10.0. The van der Waals surface area contributed by atoms with Crippen LogP contribution in [0, 0.1) is 5.92 Å². The van der Waals surface area contributed by atoms with Gasteiger partial charge >= 0.3 is 5.97 Å². The first-order valence-corrected chi connectivity index (χ1v) is 13.5. The normalized spacial score (nSPS) is 21.0. The van der Waals surface area contributed by atoms with Gasteiger partial charge < -0.3 is 20.5 Å². The number of nitrogens with zero attached hydrogens (tertiary/aromatic N) is 4. The van der Waals surface area contributed by atoms with E-state index in [2.05, 4.69) is 27.9 Å². The molecule has 0 bridgehead atoms. The van der Waals surface area contributed by atoms with Crippen molar-refractivity contribution >= 4 is 11.9 Å². The summed E-state index contributed by atoms with van der Waals surface area (Å²) in [5.41, 5.74) is 8.73. The van der Waals surface area contributed by atoms with Gasteiger partial charge in [-0.1, -0.05) is 25.5 Å². The van der Waals surface area contributed by atoms with Crippen molar-refractivity contribution in [3.8, 4) is 5.75 Å². The molecule has 1 unspecified atom stereocenters. The molecule has 3 N–H and O–H groups in total. The van der Waals surface area contributed by atoms with E-state index in [0.717, 1.165) is 48.3 Å². The fourth-order valence-corrected chi connectivity index (χ4v) is 5.66. The molecule has 0 radical (unpaired) electrons. The fourth-order valence-electron chi connectivity index (χ4n) is 5.66. The van der Waals surface area contributed by atoms with Crippen LogP contribution in [0.4, 0.5) is 0 Å². The molecule has 3 heterocycles. The number of aliphatic carboxylic acids is 1. The summed E-state index contributed by atoms with van der Waals surface area (Å²) in [6.07, 6.45) is 7.96. The predicted octanol–water partition coefficient (Wildman–Crippen LogP) is 2.49. The van der Waals surface area contributed by atoms with Crippen molar-refractivity contribution < 1.29 is 19.4 Å². The van der Waals surface area contributed by atoms with E-state index in [0.29, 0.717) is 45.6 Å². The molecule has 200 valence electrons. The maximum Gasteiger partial charge on any atom is 0.308 e. The molecule has 9 heteroatoms. The predicted molar refractivity (Wildman–Crippen MR) is 140 cm³/mol. The van der Waals surface area contributed by atoms with Crippen molar-refractivity contribution in [2.75, 3.05) is 39.3 Å². The van der Waals surface area contributed by atoms with Gasteiger partial charge in [0.1, 0.15) is 12.1 Å². The van der Waals surface area contributed by atoms with Gasteiger partial charge in [0.05, 0.1) is 19.1 Å². The van der Waals surface area contributed by atoms with Crippen LogP contribution in [0.15, 0.2) is 36.8 Å². The lowest BCUT2D eigenvalue weighted by Gasteiger charge is -2.29. The van der Waals surface area contributed by atoms with Gasteiger partial charge in [0.15, 0.2) is 0 Å². The van der Waals surface area contributed by atoms with Crippen LogP contribution < -0.4 is 10.5 Å². The molecule has 1 amide bonds. The summed E-state index contributed by atoms with van der Waals surface area (Å²) < 4.78 is 5.67. The molecule has 2 aliphatic heterocycles. The molecule has 9 nitrogen and oxygen atoms in total. The number of carbonyl (C=O) groups excluding carboxylic acids is 1. The minimum atomic E-state index is -0.824. The quantitative estimate of drug-likeness (QED) is 0.422. The molecule has 37 heavy (non-hydrogen) atoms. The molecular weight excluding hydrogens is 470 g/mol. The van der Waals surface area contributed by atoms with E-state index >= 15 is 0 Å². The third-order valence-corrected chi connectivity index (χ3v) is 7.62. The van der Waals surface area contributed by atoms with Gasteiger partial charge in [0.2, 0.25) is 5.91 Å². The van der Waals surface area contributed by atoms with E-state index < -0.39 is 11.9 Å². The molecule has 0 saturated carbocycles. The van der Waals surface area contributed by atoms with Crippen LogP contribution in [-0.2, 0) is 22.4 Å². The first-order valence-electron chi connectivity index (χ1n) is 13.5. The zero-order chi connectivity index (χ0) is 26.2. The molecule has 2 aromatic rings. The minimum absolute atomic E-state index is 0.0427. The monoisotopic (exact) mass is 509 g/mol. The van der Waals surface area contributed by atoms with Crippen molar-refractivity contribution in [2.24, 2.45) is 11.7 Å². The number of fused-ring (bicyclic) bond motifs is 1. The maximum absolute atomic E-state index is 13.5. The van der Waals surface area contributed by atoms with E-state index in [-0.39, 0.29) is 24.4 Å². The van der Waals surface area contributed by atoms with Crippen LogP contribution in [-0.4, -0.2) is 82.1 Å². The standard InChI is InChI=1S/C28H39N5O4/c1-2-3-13-32(14-4-11-29)26(34)18-33-17-23(20-5-8-25-21(16-20)10-15-37-25)27(28(35)36)24(33)7-6-22-9-12-30-19-31-22/h5,8-9,12,16,19,23-24,27H,2-4,6-7,10-11,13-15,17-18,29H2,1H3,(H,35,36)/t23-,24+,27?/m1/s1. The van der Waals surface area contributed by atoms with E-state index in [9.17, 15) is 14.7 Å². The number of unbranched alkanes of at least 4 members (excludes halogenated alkanes) is 1. The Morgan fingerprint density at radius 1 is 1.24 bits per heavy atom. The lowest BCUT2D eigenvalue weighted by Crippen LogP contribution is -2.45. The summed E-state index contributed by atoms with van der Waals surface area (Å²) in [5.74, 6) is -0.730. The summed E-state index contributed by atoms with van der Waals surface area (Å²) in [4.78, 5) is 38.5. The third-order valence-electron chi connectivity index (χ3n) is 7.62. The number of hydrogen-bond acceptors (Lipinski definition) is 7. The lowest BCUT2D eigenvalue weighted by atomic mass is 9.83. The van der Waals surface area contributed by atoms with Crippen molar-refractivity contribution in [3.05, 3.63) is 53.6 Å². The number of aryl methyl sites for hydroxylation is 1. The van der Waals surface area contributed by atoms with Crippen LogP contribution >= 0.6 is 0 Å². The smallest absolute Gasteiger partial charge is 0.308 e. The molecule has 4 rings (SSSR count). The first kappa shape index (κ1) is 27.0. The first-order chi connectivity index (χ1) is 18.0. The van der Waals surface area contributed by atoms with Crippen LogP contribution in [0.3, 0.4) is 0 Å². The number of rotatable bonds is 13. The maximum atomic E-state index is 13.5. The van der Waals surface area contributed by atoms with Crippen molar-refractivity contribution in [2.45, 2.75) is 57.4 Å². The highest BCUT2D eigenvalue weighted by atomic mass is 16.5. The molecule has 1 aromatic carbocycles. The number of likely N-dealkylation sites (tertiary alicyclic amines) is 1. The van der Waals surface area contributed by atoms with Gasteiger partial charge in [-0.3, -0.25) is 14.5 Å².